The highest BCUT2D eigenvalue weighted by Gasteiger charge is 2.18. The van der Waals surface area contributed by atoms with Crippen LogP contribution >= 0.6 is 0 Å². The molecule has 116 valence electrons. The monoisotopic (exact) mass is 318 g/mol. The van der Waals surface area contributed by atoms with Gasteiger partial charge in [-0.05, 0) is 61.4 Å². The minimum absolute atomic E-state index is 0.122. The smallest absolute Gasteiger partial charge is 0.238 e. The Morgan fingerprint density at radius 1 is 1.00 bits per heavy atom. The first-order chi connectivity index (χ1) is 10.3. The summed E-state index contributed by atoms with van der Waals surface area (Å²) in [6, 6.07) is 11.1. The Kier molecular flexibility index (Phi) is 4.63. The van der Waals surface area contributed by atoms with E-state index in [1.807, 2.05) is 13.8 Å². The molecule has 0 aliphatic heterocycles. The molecular weight excluding hydrogens is 300 g/mol. The third kappa shape index (κ3) is 3.35. The van der Waals surface area contributed by atoms with Crippen LogP contribution in [-0.4, -0.2) is 20.9 Å². The molecule has 0 spiro atoms. The number of hydrogen-bond donors (Lipinski definition) is 2. The van der Waals surface area contributed by atoms with E-state index in [4.69, 9.17) is 5.73 Å². The van der Waals surface area contributed by atoms with E-state index in [0.29, 0.717) is 5.69 Å². The Labute approximate surface area is 130 Å². The van der Waals surface area contributed by atoms with Gasteiger partial charge in [-0.15, -0.1) is 0 Å². The van der Waals surface area contributed by atoms with Crippen molar-refractivity contribution in [1.82, 2.24) is 0 Å². The average molecular weight is 318 g/mol. The topological polar surface area (TPSA) is 89.3 Å². The highest BCUT2D eigenvalue weighted by atomic mass is 32.2. The molecule has 5 nitrogen and oxygen atoms in total. The lowest BCUT2D eigenvalue weighted by Gasteiger charge is -2.08. The average Bonchev–Trinajstić information content (AvgIpc) is 2.50. The number of benzene rings is 2. The summed E-state index contributed by atoms with van der Waals surface area (Å²) in [5.74, 6) is -0.329. The molecule has 0 unspecified atom stereocenters. The standard InChI is InChI=1S/C16H18N2O3S/c1-11-3-6-15(9-12(11)2)22(20,21)14-7-4-13(5-8-14)18-16(19)10-17/h3-9H,10,17H2,1-2H3,(H,18,19). The molecule has 1 amide bonds. The van der Waals surface area contributed by atoms with Gasteiger partial charge in [0, 0.05) is 5.69 Å². The second-order valence-electron chi connectivity index (χ2n) is 5.03. The number of aryl methyl sites for hydroxylation is 2. The molecule has 0 aliphatic carbocycles. The van der Waals surface area contributed by atoms with E-state index in [9.17, 15) is 13.2 Å². The largest absolute Gasteiger partial charge is 0.325 e. The Bertz CT molecular complexity index is 797. The number of carbonyl (C=O) groups is 1. The lowest BCUT2D eigenvalue weighted by atomic mass is 10.1. The van der Waals surface area contributed by atoms with Crippen molar-refractivity contribution >= 4 is 21.4 Å². The SMILES string of the molecule is Cc1ccc(S(=O)(=O)c2ccc(NC(=O)CN)cc2)cc1C. The number of carbonyl (C=O) groups excluding carboxylic acids is 1. The number of anilines is 1. The normalized spacial score (nSPS) is 11.2. The third-order valence-corrected chi connectivity index (χ3v) is 5.19. The first kappa shape index (κ1) is 16.2. The van der Waals surface area contributed by atoms with E-state index in [1.54, 1.807) is 30.3 Å². The fourth-order valence-electron chi connectivity index (χ4n) is 1.95. The van der Waals surface area contributed by atoms with Crippen LogP contribution < -0.4 is 11.1 Å². The van der Waals surface area contributed by atoms with Crippen LogP contribution in [0.5, 0.6) is 0 Å². The third-order valence-electron chi connectivity index (χ3n) is 3.42. The van der Waals surface area contributed by atoms with Gasteiger partial charge >= 0.3 is 0 Å². The second-order valence-corrected chi connectivity index (χ2v) is 6.98. The minimum atomic E-state index is -3.57. The van der Waals surface area contributed by atoms with Gasteiger partial charge in [-0.1, -0.05) is 6.07 Å². The predicted octanol–water partition coefficient (Wildman–Crippen LogP) is 2.03. The molecule has 2 aromatic carbocycles. The fraction of sp³-hybridized carbons (Fsp3) is 0.188. The van der Waals surface area contributed by atoms with Crippen LogP contribution in [0.1, 0.15) is 11.1 Å². The molecule has 0 aliphatic rings. The van der Waals surface area contributed by atoms with Gasteiger partial charge in [0.2, 0.25) is 15.7 Å². The van der Waals surface area contributed by atoms with Crippen molar-refractivity contribution in [2.24, 2.45) is 5.73 Å². The molecule has 3 N–H and O–H groups in total. The highest BCUT2D eigenvalue weighted by molar-refractivity contribution is 7.91. The zero-order chi connectivity index (χ0) is 16.3. The quantitative estimate of drug-likeness (QED) is 0.902. The number of hydrogen-bond acceptors (Lipinski definition) is 4. The van der Waals surface area contributed by atoms with Gasteiger partial charge in [-0.2, -0.15) is 0 Å². The highest BCUT2D eigenvalue weighted by Crippen LogP contribution is 2.24. The van der Waals surface area contributed by atoms with Crippen LogP contribution in [0.25, 0.3) is 0 Å². The Balaban J connectivity index is 2.33. The zero-order valence-corrected chi connectivity index (χ0v) is 13.3. The fourth-order valence-corrected chi connectivity index (χ4v) is 3.29. The van der Waals surface area contributed by atoms with Crippen LogP contribution in [0.15, 0.2) is 52.3 Å². The molecule has 0 heterocycles. The van der Waals surface area contributed by atoms with E-state index in [-0.39, 0.29) is 22.2 Å². The van der Waals surface area contributed by atoms with Crippen LogP contribution in [-0.2, 0) is 14.6 Å². The molecule has 0 fully saturated rings. The summed E-state index contributed by atoms with van der Waals surface area (Å²) in [7, 11) is -3.57. The van der Waals surface area contributed by atoms with E-state index in [2.05, 4.69) is 5.32 Å². The number of nitrogens with two attached hydrogens (primary N) is 1. The zero-order valence-electron chi connectivity index (χ0n) is 12.5. The predicted molar refractivity (Wildman–Crippen MR) is 85.5 cm³/mol. The van der Waals surface area contributed by atoms with Crippen molar-refractivity contribution in [3.05, 3.63) is 53.6 Å². The summed E-state index contributed by atoms with van der Waals surface area (Å²) in [6.45, 7) is 3.68. The van der Waals surface area contributed by atoms with Gasteiger partial charge in [0.25, 0.3) is 0 Å². The van der Waals surface area contributed by atoms with E-state index >= 15 is 0 Å². The number of rotatable bonds is 4. The van der Waals surface area contributed by atoms with Crippen LogP contribution in [0, 0.1) is 13.8 Å². The van der Waals surface area contributed by atoms with Gasteiger partial charge in [-0.25, -0.2) is 8.42 Å². The second kappa shape index (κ2) is 6.29. The summed E-state index contributed by atoms with van der Waals surface area (Å²) in [5.41, 5.74) is 7.69. The first-order valence-electron chi connectivity index (χ1n) is 6.77. The van der Waals surface area contributed by atoms with Crippen LogP contribution in [0.2, 0.25) is 0 Å². The van der Waals surface area contributed by atoms with Crippen molar-refractivity contribution in [2.45, 2.75) is 23.6 Å². The van der Waals surface area contributed by atoms with Crippen molar-refractivity contribution < 1.29 is 13.2 Å². The van der Waals surface area contributed by atoms with Crippen molar-refractivity contribution in [1.29, 1.82) is 0 Å². The van der Waals surface area contributed by atoms with Gasteiger partial charge in [-0.3, -0.25) is 4.79 Å². The lowest BCUT2D eigenvalue weighted by Crippen LogP contribution is -2.21. The number of sulfone groups is 1. The first-order valence-corrected chi connectivity index (χ1v) is 8.25. The summed E-state index contributed by atoms with van der Waals surface area (Å²) >= 11 is 0. The van der Waals surface area contributed by atoms with Crippen molar-refractivity contribution in [2.75, 3.05) is 11.9 Å². The maximum Gasteiger partial charge on any atom is 0.238 e. The van der Waals surface area contributed by atoms with Crippen molar-refractivity contribution in [3.63, 3.8) is 0 Å². The Morgan fingerprint density at radius 2 is 1.59 bits per heavy atom. The van der Waals surface area contributed by atoms with Gasteiger partial charge in [0.1, 0.15) is 0 Å². The molecule has 2 rings (SSSR count). The van der Waals surface area contributed by atoms with E-state index in [1.165, 1.54) is 12.1 Å². The molecule has 0 saturated heterocycles. The van der Waals surface area contributed by atoms with Crippen molar-refractivity contribution in [3.8, 4) is 0 Å². The molecule has 22 heavy (non-hydrogen) atoms. The summed E-state index contributed by atoms with van der Waals surface area (Å²) < 4.78 is 25.2. The van der Waals surface area contributed by atoms with Gasteiger partial charge in [0.15, 0.2) is 0 Å². The molecule has 0 atom stereocenters. The Hall–Kier alpha value is -2.18. The van der Waals surface area contributed by atoms with E-state index in [0.717, 1.165) is 11.1 Å². The Morgan fingerprint density at radius 3 is 2.14 bits per heavy atom. The summed E-state index contributed by atoms with van der Waals surface area (Å²) in [4.78, 5) is 11.6. The molecule has 0 saturated carbocycles. The maximum absolute atomic E-state index is 12.6. The van der Waals surface area contributed by atoms with Crippen LogP contribution in [0.3, 0.4) is 0 Å². The van der Waals surface area contributed by atoms with Gasteiger partial charge < -0.3 is 11.1 Å². The maximum atomic E-state index is 12.6. The van der Waals surface area contributed by atoms with E-state index < -0.39 is 9.84 Å². The lowest BCUT2D eigenvalue weighted by molar-refractivity contribution is -0.114. The molecule has 0 bridgehead atoms. The number of amides is 1. The molecule has 2 aromatic rings. The molecule has 0 aromatic heterocycles. The molecule has 6 heteroatoms. The molecular formula is C16H18N2O3S. The number of nitrogens with one attached hydrogen (secondary N) is 1. The summed E-state index contributed by atoms with van der Waals surface area (Å²) in [6.07, 6.45) is 0. The summed E-state index contributed by atoms with van der Waals surface area (Å²) in [5, 5.41) is 2.57. The minimum Gasteiger partial charge on any atom is -0.325 e. The molecule has 0 radical (unpaired) electrons. The van der Waals surface area contributed by atoms with Crippen LogP contribution in [0.4, 0.5) is 5.69 Å². The van der Waals surface area contributed by atoms with Gasteiger partial charge in [0.05, 0.1) is 16.3 Å².